The van der Waals surface area contributed by atoms with Crippen molar-refractivity contribution in [3.63, 3.8) is 0 Å². The summed E-state index contributed by atoms with van der Waals surface area (Å²) in [6, 6.07) is 2.39. The van der Waals surface area contributed by atoms with Crippen LogP contribution in [0.15, 0.2) is 18.5 Å². The Morgan fingerprint density at radius 2 is 2.24 bits per heavy atom. The number of nitrogens with one attached hydrogen (secondary N) is 1. The summed E-state index contributed by atoms with van der Waals surface area (Å²) in [6.07, 6.45) is 8.69. The smallest absolute Gasteiger partial charge is 0.106 e. The molecule has 1 saturated carbocycles. The maximum absolute atomic E-state index is 5.72. The molecular formula is C13H19N3S. The normalized spacial score (nSPS) is 24.3. The number of hydrogen-bond donors (Lipinski definition) is 2. The molecule has 4 heteroatoms. The maximum Gasteiger partial charge on any atom is 0.106 e. The minimum Gasteiger partial charge on any atom is -0.389 e. The molecule has 0 aliphatic heterocycles. The summed E-state index contributed by atoms with van der Waals surface area (Å²) in [4.78, 5) is 4.57. The SMILES string of the molecule is CC1CCCCC1Nc1cnccc1C(N)=S. The molecule has 2 rings (SSSR count). The first-order valence-electron chi connectivity index (χ1n) is 6.19. The Labute approximate surface area is 108 Å². The highest BCUT2D eigenvalue weighted by atomic mass is 32.1. The zero-order valence-electron chi connectivity index (χ0n) is 10.1. The Morgan fingerprint density at radius 3 is 2.94 bits per heavy atom. The number of aromatic nitrogens is 1. The van der Waals surface area contributed by atoms with E-state index in [1.54, 1.807) is 6.20 Å². The van der Waals surface area contributed by atoms with Gasteiger partial charge in [-0.05, 0) is 24.8 Å². The summed E-state index contributed by atoms with van der Waals surface area (Å²) in [5.41, 5.74) is 7.59. The van der Waals surface area contributed by atoms with Crippen LogP contribution in [0, 0.1) is 5.92 Å². The second-order valence-electron chi connectivity index (χ2n) is 4.80. The average Bonchev–Trinajstić information content (AvgIpc) is 2.32. The second-order valence-corrected chi connectivity index (χ2v) is 5.24. The highest BCUT2D eigenvalue weighted by Gasteiger charge is 2.21. The predicted octanol–water partition coefficient (Wildman–Crippen LogP) is 2.71. The summed E-state index contributed by atoms with van der Waals surface area (Å²) >= 11 is 5.06. The Bertz CT molecular complexity index is 405. The molecule has 1 heterocycles. The Kier molecular flexibility index (Phi) is 3.94. The zero-order chi connectivity index (χ0) is 12.3. The first-order chi connectivity index (χ1) is 8.18. The van der Waals surface area contributed by atoms with Gasteiger partial charge in [0.1, 0.15) is 4.99 Å². The summed E-state index contributed by atoms with van der Waals surface area (Å²) < 4.78 is 0. The molecule has 1 fully saturated rings. The molecule has 92 valence electrons. The third-order valence-corrected chi connectivity index (χ3v) is 3.76. The summed E-state index contributed by atoms with van der Waals surface area (Å²) in [5.74, 6) is 0.697. The van der Waals surface area contributed by atoms with E-state index in [2.05, 4.69) is 17.2 Å². The van der Waals surface area contributed by atoms with Gasteiger partial charge >= 0.3 is 0 Å². The number of nitrogens with two attached hydrogens (primary N) is 1. The van der Waals surface area contributed by atoms with Gasteiger partial charge in [-0.2, -0.15) is 0 Å². The Balaban J connectivity index is 2.14. The van der Waals surface area contributed by atoms with E-state index in [9.17, 15) is 0 Å². The second kappa shape index (κ2) is 5.45. The number of thiocarbonyl (C=S) groups is 1. The number of hydrogen-bond acceptors (Lipinski definition) is 3. The van der Waals surface area contributed by atoms with Crippen LogP contribution in [0.2, 0.25) is 0 Å². The van der Waals surface area contributed by atoms with Crippen LogP contribution in [0.3, 0.4) is 0 Å². The topological polar surface area (TPSA) is 50.9 Å². The van der Waals surface area contributed by atoms with Gasteiger partial charge in [-0.3, -0.25) is 4.98 Å². The summed E-state index contributed by atoms with van der Waals surface area (Å²) in [7, 11) is 0. The minimum absolute atomic E-state index is 0.429. The molecule has 3 N–H and O–H groups in total. The van der Waals surface area contributed by atoms with Crippen LogP contribution in [0.25, 0.3) is 0 Å². The molecule has 3 nitrogen and oxygen atoms in total. The molecule has 1 aliphatic rings. The van der Waals surface area contributed by atoms with Crippen LogP contribution in [0.5, 0.6) is 0 Å². The number of nitrogens with zero attached hydrogens (tertiary/aromatic N) is 1. The third-order valence-electron chi connectivity index (χ3n) is 3.54. The Hall–Kier alpha value is -1.16. The molecule has 1 aromatic rings. The summed E-state index contributed by atoms with van der Waals surface area (Å²) in [5, 5.41) is 3.55. The van der Waals surface area contributed by atoms with E-state index in [0.29, 0.717) is 16.9 Å². The van der Waals surface area contributed by atoms with Gasteiger partial charge in [-0.1, -0.05) is 32.0 Å². The fourth-order valence-electron chi connectivity index (χ4n) is 2.45. The van der Waals surface area contributed by atoms with Gasteiger partial charge in [-0.15, -0.1) is 0 Å². The molecule has 2 unspecified atom stereocenters. The van der Waals surface area contributed by atoms with Crippen molar-refractivity contribution in [1.29, 1.82) is 0 Å². The molecule has 0 radical (unpaired) electrons. The van der Waals surface area contributed by atoms with Gasteiger partial charge < -0.3 is 11.1 Å². The van der Waals surface area contributed by atoms with Crippen molar-refractivity contribution in [2.75, 3.05) is 5.32 Å². The number of pyridine rings is 1. The van der Waals surface area contributed by atoms with E-state index in [1.807, 2.05) is 12.3 Å². The van der Waals surface area contributed by atoms with Gasteiger partial charge in [0, 0.05) is 17.8 Å². The van der Waals surface area contributed by atoms with Crippen LogP contribution in [-0.4, -0.2) is 16.0 Å². The first-order valence-corrected chi connectivity index (χ1v) is 6.59. The standard InChI is InChI=1S/C13H19N3S/c1-9-4-2-3-5-11(9)16-12-8-15-7-6-10(12)13(14)17/h6-9,11,16H,2-5H2,1H3,(H2,14,17). The summed E-state index contributed by atoms with van der Waals surface area (Å²) in [6.45, 7) is 2.30. The predicted molar refractivity (Wildman–Crippen MR) is 75.2 cm³/mol. The van der Waals surface area contributed by atoms with Crippen molar-refractivity contribution < 1.29 is 0 Å². The van der Waals surface area contributed by atoms with Gasteiger partial charge in [-0.25, -0.2) is 0 Å². The van der Waals surface area contributed by atoms with Gasteiger partial charge in [0.25, 0.3) is 0 Å². The fraction of sp³-hybridized carbons (Fsp3) is 0.538. The molecule has 0 saturated heterocycles. The van der Waals surface area contributed by atoms with Crippen LogP contribution in [0.4, 0.5) is 5.69 Å². The van der Waals surface area contributed by atoms with E-state index in [-0.39, 0.29) is 0 Å². The lowest BCUT2D eigenvalue weighted by Gasteiger charge is -2.30. The highest BCUT2D eigenvalue weighted by molar-refractivity contribution is 7.80. The van der Waals surface area contributed by atoms with Crippen molar-refractivity contribution in [3.8, 4) is 0 Å². The quantitative estimate of drug-likeness (QED) is 0.809. The molecule has 1 aliphatic carbocycles. The van der Waals surface area contributed by atoms with Crippen LogP contribution in [-0.2, 0) is 0 Å². The van der Waals surface area contributed by atoms with Gasteiger partial charge in [0.2, 0.25) is 0 Å². The molecule has 1 aromatic heterocycles. The largest absolute Gasteiger partial charge is 0.389 e. The van der Waals surface area contributed by atoms with Crippen LogP contribution < -0.4 is 11.1 Å². The lowest BCUT2D eigenvalue weighted by Crippen LogP contribution is -2.31. The van der Waals surface area contributed by atoms with E-state index in [4.69, 9.17) is 18.0 Å². The van der Waals surface area contributed by atoms with Gasteiger partial charge in [0.05, 0.1) is 11.9 Å². The van der Waals surface area contributed by atoms with Crippen molar-refractivity contribution >= 4 is 22.9 Å². The molecule has 0 spiro atoms. The zero-order valence-corrected chi connectivity index (χ0v) is 11.0. The van der Waals surface area contributed by atoms with Crippen molar-refractivity contribution in [2.45, 2.75) is 38.6 Å². The maximum atomic E-state index is 5.72. The highest BCUT2D eigenvalue weighted by Crippen LogP contribution is 2.27. The molecule has 0 bridgehead atoms. The van der Waals surface area contributed by atoms with Crippen LogP contribution >= 0.6 is 12.2 Å². The molecule has 2 atom stereocenters. The van der Waals surface area contributed by atoms with E-state index in [1.165, 1.54) is 25.7 Å². The molecule has 0 aromatic carbocycles. The molecular weight excluding hydrogens is 230 g/mol. The minimum atomic E-state index is 0.429. The van der Waals surface area contributed by atoms with E-state index in [0.717, 1.165) is 11.3 Å². The van der Waals surface area contributed by atoms with Gasteiger partial charge in [0.15, 0.2) is 0 Å². The monoisotopic (exact) mass is 249 g/mol. The third kappa shape index (κ3) is 2.94. The number of anilines is 1. The Morgan fingerprint density at radius 1 is 1.47 bits per heavy atom. The first kappa shape index (κ1) is 12.3. The van der Waals surface area contributed by atoms with Crippen molar-refractivity contribution in [3.05, 3.63) is 24.0 Å². The van der Waals surface area contributed by atoms with Crippen LogP contribution in [0.1, 0.15) is 38.2 Å². The lowest BCUT2D eigenvalue weighted by molar-refractivity contribution is 0.349. The molecule has 0 amide bonds. The fourth-order valence-corrected chi connectivity index (χ4v) is 2.63. The molecule has 17 heavy (non-hydrogen) atoms. The van der Waals surface area contributed by atoms with Crippen molar-refractivity contribution in [1.82, 2.24) is 4.98 Å². The lowest BCUT2D eigenvalue weighted by atomic mass is 9.86. The van der Waals surface area contributed by atoms with E-state index < -0.39 is 0 Å². The number of rotatable bonds is 3. The van der Waals surface area contributed by atoms with Crippen molar-refractivity contribution in [2.24, 2.45) is 11.7 Å². The average molecular weight is 249 g/mol. The van der Waals surface area contributed by atoms with E-state index >= 15 is 0 Å².